The van der Waals surface area contributed by atoms with Gasteiger partial charge in [-0.25, -0.2) is 0 Å². The number of ether oxygens (including phenoxy) is 2. The topological polar surface area (TPSA) is 59.6 Å². The summed E-state index contributed by atoms with van der Waals surface area (Å²) in [5.41, 5.74) is 1.95. The molecule has 0 aliphatic carbocycles. The highest BCUT2D eigenvalue weighted by Crippen LogP contribution is 2.27. The van der Waals surface area contributed by atoms with Gasteiger partial charge in [-0.3, -0.25) is 4.79 Å². The maximum absolute atomic E-state index is 12.0. The third-order valence-electron chi connectivity index (χ3n) is 4.50. The Morgan fingerprint density at radius 2 is 1.88 bits per heavy atom. The first-order valence-corrected chi connectivity index (χ1v) is 9.14. The molecule has 0 radical (unpaired) electrons. The number of carbonyl (C=O) groups is 1. The van der Waals surface area contributed by atoms with Gasteiger partial charge >= 0.3 is 0 Å². The standard InChI is InChI=1S/C21H26N2O3/c1-25-18-10-8-16(9-11-18)21(24)23-13-5-4-12-22-15-19-14-17-6-2-3-7-20(17)26-19/h2-3,6-11,19,22H,4-5,12-15H2,1H3,(H,23,24). The van der Waals surface area contributed by atoms with E-state index in [4.69, 9.17) is 9.47 Å². The summed E-state index contributed by atoms with van der Waals surface area (Å²) < 4.78 is 11.0. The minimum Gasteiger partial charge on any atom is -0.497 e. The van der Waals surface area contributed by atoms with Crippen LogP contribution in [0.5, 0.6) is 11.5 Å². The van der Waals surface area contributed by atoms with E-state index in [1.807, 2.05) is 12.1 Å². The maximum Gasteiger partial charge on any atom is 0.251 e. The van der Waals surface area contributed by atoms with Crippen LogP contribution in [0.25, 0.3) is 0 Å². The van der Waals surface area contributed by atoms with Crippen molar-refractivity contribution >= 4 is 5.91 Å². The average Bonchev–Trinajstić information content (AvgIpc) is 3.10. The number of hydrogen-bond acceptors (Lipinski definition) is 4. The molecule has 5 nitrogen and oxygen atoms in total. The Morgan fingerprint density at radius 1 is 1.12 bits per heavy atom. The molecule has 1 atom stereocenters. The molecular weight excluding hydrogens is 328 g/mol. The molecule has 138 valence electrons. The Bertz CT molecular complexity index is 690. The van der Waals surface area contributed by atoms with Crippen molar-refractivity contribution in [1.82, 2.24) is 10.6 Å². The number of hydrogen-bond donors (Lipinski definition) is 2. The van der Waals surface area contributed by atoms with Crippen LogP contribution in [0.4, 0.5) is 0 Å². The Kier molecular flexibility index (Phi) is 6.50. The van der Waals surface area contributed by atoms with Crippen LogP contribution < -0.4 is 20.1 Å². The fraction of sp³-hybridized carbons (Fsp3) is 0.381. The number of amides is 1. The van der Waals surface area contributed by atoms with Crippen LogP contribution >= 0.6 is 0 Å². The van der Waals surface area contributed by atoms with Crippen LogP contribution in [0.15, 0.2) is 48.5 Å². The van der Waals surface area contributed by atoms with Gasteiger partial charge in [-0.2, -0.15) is 0 Å². The Morgan fingerprint density at radius 3 is 2.65 bits per heavy atom. The number of nitrogens with one attached hydrogen (secondary N) is 2. The lowest BCUT2D eigenvalue weighted by molar-refractivity contribution is 0.0953. The number of unbranched alkanes of at least 4 members (excludes halogenated alkanes) is 1. The van der Waals surface area contributed by atoms with Gasteiger partial charge in [0, 0.05) is 25.1 Å². The van der Waals surface area contributed by atoms with Crippen molar-refractivity contribution in [2.24, 2.45) is 0 Å². The molecule has 0 fully saturated rings. The van der Waals surface area contributed by atoms with Crippen LogP contribution in [0.2, 0.25) is 0 Å². The average molecular weight is 354 g/mol. The van der Waals surface area contributed by atoms with Gasteiger partial charge in [0.2, 0.25) is 0 Å². The van der Waals surface area contributed by atoms with Gasteiger partial charge < -0.3 is 20.1 Å². The number of carbonyl (C=O) groups excluding carboxylic acids is 1. The lowest BCUT2D eigenvalue weighted by atomic mass is 10.1. The Hall–Kier alpha value is -2.53. The van der Waals surface area contributed by atoms with E-state index < -0.39 is 0 Å². The van der Waals surface area contributed by atoms with Crippen molar-refractivity contribution < 1.29 is 14.3 Å². The quantitative estimate of drug-likeness (QED) is 0.680. The van der Waals surface area contributed by atoms with Crippen LogP contribution in [-0.2, 0) is 6.42 Å². The number of para-hydroxylation sites is 1. The van der Waals surface area contributed by atoms with Crippen LogP contribution in [0.3, 0.4) is 0 Å². The molecule has 1 amide bonds. The predicted octanol–water partition coefficient (Wildman–Crippen LogP) is 2.80. The van der Waals surface area contributed by atoms with Gasteiger partial charge in [-0.15, -0.1) is 0 Å². The third-order valence-corrected chi connectivity index (χ3v) is 4.50. The van der Waals surface area contributed by atoms with E-state index in [2.05, 4.69) is 22.8 Å². The molecule has 0 spiro atoms. The van der Waals surface area contributed by atoms with Gasteiger partial charge in [-0.05, 0) is 55.3 Å². The molecule has 2 N–H and O–H groups in total. The van der Waals surface area contributed by atoms with Crippen LogP contribution in [0, 0.1) is 0 Å². The van der Waals surface area contributed by atoms with Crippen LogP contribution in [-0.4, -0.2) is 38.8 Å². The molecule has 1 unspecified atom stereocenters. The normalized spacial score (nSPS) is 15.2. The molecule has 1 aliphatic heterocycles. The Labute approximate surface area is 154 Å². The summed E-state index contributed by atoms with van der Waals surface area (Å²) >= 11 is 0. The smallest absolute Gasteiger partial charge is 0.251 e. The van der Waals surface area contributed by atoms with Crippen molar-refractivity contribution in [3.63, 3.8) is 0 Å². The van der Waals surface area contributed by atoms with E-state index in [0.29, 0.717) is 12.1 Å². The molecule has 1 aliphatic rings. The second-order valence-corrected chi connectivity index (χ2v) is 6.45. The summed E-state index contributed by atoms with van der Waals surface area (Å²) in [6, 6.07) is 15.4. The zero-order valence-electron chi connectivity index (χ0n) is 15.2. The molecule has 3 rings (SSSR count). The predicted molar refractivity (Wildman–Crippen MR) is 102 cm³/mol. The van der Waals surface area contributed by atoms with E-state index >= 15 is 0 Å². The second-order valence-electron chi connectivity index (χ2n) is 6.45. The molecule has 1 heterocycles. The summed E-state index contributed by atoms with van der Waals surface area (Å²) in [5.74, 6) is 1.72. The molecule has 0 aromatic heterocycles. The molecule has 26 heavy (non-hydrogen) atoms. The lowest BCUT2D eigenvalue weighted by Crippen LogP contribution is -2.31. The third kappa shape index (κ3) is 4.99. The van der Waals surface area contributed by atoms with Gasteiger partial charge in [0.05, 0.1) is 7.11 Å². The largest absolute Gasteiger partial charge is 0.497 e. The lowest BCUT2D eigenvalue weighted by Gasteiger charge is -2.12. The first-order chi connectivity index (χ1) is 12.8. The summed E-state index contributed by atoms with van der Waals surface area (Å²) in [5, 5.41) is 6.39. The molecule has 0 saturated carbocycles. The Balaban J connectivity index is 1.24. The summed E-state index contributed by atoms with van der Waals surface area (Å²) in [7, 11) is 1.61. The molecule has 0 bridgehead atoms. The molecule has 2 aromatic carbocycles. The summed E-state index contributed by atoms with van der Waals surface area (Å²) in [4.78, 5) is 12.0. The highest BCUT2D eigenvalue weighted by molar-refractivity contribution is 5.94. The minimum absolute atomic E-state index is 0.0438. The van der Waals surface area contributed by atoms with E-state index in [0.717, 1.165) is 43.9 Å². The second kappa shape index (κ2) is 9.25. The van der Waals surface area contributed by atoms with E-state index in [-0.39, 0.29) is 12.0 Å². The fourth-order valence-electron chi connectivity index (χ4n) is 3.05. The van der Waals surface area contributed by atoms with Crippen molar-refractivity contribution in [3.8, 4) is 11.5 Å². The van der Waals surface area contributed by atoms with Crippen molar-refractivity contribution in [3.05, 3.63) is 59.7 Å². The summed E-state index contributed by atoms with van der Waals surface area (Å²) in [6.45, 7) is 2.46. The van der Waals surface area contributed by atoms with Crippen molar-refractivity contribution in [2.45, 2.75) is 25.4 Å². The van der Waals surface area contributed by atoms with Gasteiger partial charge in [0.25, 0.3) is 5.91 Å². The minimum atomic E-state index is -0.0438. The van der Waals surface area contributed by atoms with Gasteiger partial charge in [0.15, 0.2) is 0 Å². The zero-order valence-corrected chi connectivity index (χ0v) is 15.2. The highest BCUT2D eigenvalue weighted by Gasteiger charge is 2.21. The van der Waals surface area contributed by atoms with Gasteiger partial charge in [0.1, 0.15) is 17.6 Å². The number of methoxy groups -OCH3 is 1. The van der Waals surface area contributed by atoms with Crippen LogP contribution in [0.1, 0.15) is 28.8 Å². The molecular formula is C21H26N2O3. The number of benzene rings is 2. The SMILES string of the molecule is COc1ccc(C(=O)NCCCCNCC2Cc3ccccc3O2)cc1. The fourth-order valence-corrected chi connectivity index (χ4v) is 3.05. The molecule has 0 saturated heterocycles. The monoisotopic (exact) mass is 354 g/mol. The first-order valence-electron chi connectivity index (χ1n) is 9.14. The summed E-state index contributed by atoms with van der Waals surface area (Å²) in [6.07, 6.45) is 3.16. The first kappa shape index (κ1) is 18.3. The highest BCUT2D eigenvalue weighted by atomic mass is 16.5. The number of fused-ring (bicyclic) bond motifs is 1. The molecule has 5 heteroatoms. The van der Waals surface area contributed by atoms with E-state index in [1.165, 1.54) is 5.56 Å². The van der Waals surface area contributed by atoms with Crippen molar-refractivity contribution in [1.29, 1.82) is 0 Å². The maximum atomic E-state index is 12.0. The van der Waals surface area contributed by atoms with Gasteiger partial charge in [-0.1, -0.05) is 18.2 Å². The number of rotatable bonds is 9. The van der Waals surface area contributed by atoms with E-state index in [1.54, 1.807) is 31.4 Å². The van der Waals surface area contributed by atoms with E-state index in [9.17, 15) is 4.79 Å². The van der Waals surface area contributed by atoms with Crippen molar-refractivity contribution in [2.75, 3.05) is 26.7 Å². The zero-order chi connectivity index (χ0) is 18.2. The molecule has 2 aromatic rings.